The summed E-state index contributed by atoms with van der Waals surface area (Å²) in [6.45, 7) is 6.51. The lowest BCUT2D eigenvalue weighted by Gasteiger charge is -2.32. The maximum Gasteiger partial charge on any atom is 0.229 e. The summed E-state index contributed by atoms with van der Waals surface area (Å²) in [5, 5.41) is 3.37. The van der Waals surface area contributed by atoms with E-state index in [2.05, 4.69) is 17.1 Å². The molecule has 5 heteroatoms. The number of likely N-dealkylation sites (tertiary alicyclic amines) is 1. The highest BCUT2D eigenvalue weighted by Gasteiger charge is 2.29. The molecule has 2 heterocycles. The Morgan fingerprint density at radius 3 is 2.56 bits per heavy atom. The molecule has 0 aromatic heterocycles. The summed E-state index contributed by atoms with van der Waals surface area (Å²) in [4.78, 5) is 26.5. The van der Waals surface area contributed by atoms with Crippen molar-refractivity contribution < 1.29 is 9.59 Å². The number of hydrogen-bond donors (Lipinski definition) is 1. The smallest absolute Gasteiger partial charge is 0.229 e. The highest BCUT2D eigenvalue weighted by atomic mass is 16.2. The molecule has 90 valence electrons. The van der Waals surface area contributed by atoms with E-state index in [1.54, 1.807) is 0 Å². The minimum Gasteiger partial charge on any atom is -0.312 e. The Kier molecular flexibility index (Phi) is 3.56. The predicted molar refractivity (Wildman–Crippen MR) is 59.9 cm³/mol. The minimum absolute atomic E-state index is 0.00631. The number of nitrogens with one attached hydrogen (secondary N) is 1. The average Bonchev–Trinajstić information content (AvgIpc) is 2.56. The van der Waals surface area contributed by atoms with Crippen molar-refractivity contribution in [1.29, 1.82) is 0 Å². The number of rotatable bonds is 3. The highest BCUT2D eigenvalue weighted by Crippen LogP contribution is 2.11. The van der Waals surface area contributed by atoms with Crippen LogP contribution in [0, 0.1) is 0 Å². The molecule has 0 bridgehead atoms. The molecule has 0 radical (unpaired) electrons. The molecule has 2 fully saturated rings. The van der Waals surface area contributed by atoms with E-state index < -0.39 is 0 Å². The molecule has 2 aliphatic rings. The molecule has 2 rings (SSSR count). The van der Waals surface area contributed by atoms with Crippen LogP contribution in [0.1, 0.15) is 19.8 Å². The molecule has 16 heavy (non-hydrogen) atoms. The number of hydrogen-bond acceptors (Lipinski definition) is 4. The quantitative estimate of drug-likeness (QED) is 0.654. The van der Waals surface area contributed by atoms with Crippen molar-refractivity contribution >= 4 is 11.8 Å². The lowest BCUT2D eigenvalue weighted by atomic mass is 10.2. The lowest BCUT2D eigenvalue weighted by Crippen LogP contribution is -2.51. The average molecular weight is 225 g/mol. The fourth-order valence-electron chi connectivity index (χ4n) is 2.33. The second-order valence-corrected chi connectivity index (χ2v) is 4.59. The number of amides is 2. The first kappa shape index (κ1) is 11.5. The second-order valence-electron chi connectivity index (χ2n) is 4.59. The van der Waals surface area contributed by atoms with Crippen molar-refractivity contribution in [2.45, 2.75) is 25.8 Å². The van der Waals surface area contributed by atoms with E-state index >= 15 is 0 Å². The van der Waals surface area contributed by atoms with Crippen LogP contribution in [0.3, 0.4) is 0 Å². The monoisotopic (exact) mass is 225 g/mol. The Labute approximate surface area is 95.8 Å². The van der Waals surface area contributed by atoms with E-state index in [0.717, 1.165) is 26.2 Å². The summed E-state index contributed by atoms with van der Waals surface area (Å²) in [7, 11) is 0. The third-order valence-electron chi connectivity index (χ3n) is 3.25. The number of imide groups is 1. The van der Waals surface area contributed by atoms with E-state index in [1.807, 2.05) is 0 Å². The summed E-state index contributed by atoms with van der Waals surface area (Å²) in [6, 6.07) is 0.499. The van der Waals surface area contributed by atoms with Gasteiger partial charge in [0.15, 0.2) is 0 Å². The van der Waals surface area contributed by atoms with Gasteiger partial charge in [-0.1, -0.05) is 0 Å². The van der Waals surface area contributed by atoms with Gasteiger partial charge in [-0.2, -0.15) is 0 Å². The first-order valence-corrected chi connectivity index (χ1v) is 5.96. The Morgan fingerprint density at radius 1 is 1.25 bits per heavy atom. The van der Waals surface area contributed by atoms with E-state index in [9.17, 15) is 9.59 Å². The van der Waals surface area contributed by atoms with Gasteiger partial charge < -0.3 is 5.32 Å². The zero-order chi connectivity index (χ0) is 11.5. The molecule has 2 saturated heterocycles. The highest BCUT2D eigenvalue weighted by molar-refractivity contribution is 6.01. The standard InChI is InChI=1S/C11H19N3O2/c1-9-8-13(5-4-12-9)6-7-14-10(15)2-3-11(14)16/h9,12H,2-8H2,1H3/t9-/m0/s1. The molecule has 2 aliphatic heterocycles. The fourth-order valence-corrected chi connectivity index (χ4v) is 2.33. The van der Waals surface area contributed by atoms with Gasteiger partial charge in [-0.15, -0.1) is 0 Å². The molecular weight excluding hydrogens is 206 g/mol. The van der Waals surface area contributed by atoms with Crippen LogP contribution in [0.4, 0.5) is 0 Å². The molecule has 0 spiro atoms. The van der Waals surface area contributed by atoms with Crippen LogP contribution in [0.15, 0.2) is 0 Å². The van der Waals surface area contributed by atoms with Gasteiger partial charge >= 0.3 is 0 Å². The van der Waals surface area contributed by atoms with Gasteiger partial charge in [0.25, 0.3) is 0 Å². The first-order chi connectivity index (χ1) is 7.66. The van der Waals surface area contributed by atoms with Crippen molar-refractivity contribution in [3.63, 3.8) is 0 Å². The van der Waals surface area contributed by atoms with Crippen molar-refractivity contribution in [3.05, 3.63) is 0 Å². The zero-order valence-corrected chi connectivity index (χ0v) is 9.74. The predicted octanol–water partition coefficient (Wildman–Crippen LogP) is -0.571. The fraction of sp³-hybridized carbons (Fsp3) is 0.818. The van der Waals surface area contributed by atoms with Crippen LogP contribution < -0.4 is 5.32 Å². The Bertz CT molecular complexity index is 277. The summed E-state index contributed by atoms with van der Waals surface area (Å²) >= 11 is 0. The largest absolute Gasteiger partial charge is 0.312 e. The van der Waals surface area contributed by atoms with Crippen LogP contribution in [-0.2, 0) is 9.59 Å². The first-order valence-electron chi connectivity index (χ1n) is 5.96. The van der Waals surface area contributed by atoms with Gasteiger partial charge in [-0.05, 0) is 6.92 Å². The van der Waals surface area contributed by atoms with Crippen molar-refractivity contribution in [3.8, 4) is 0 Å². The molecular formula is C11H19N3O2. The van der Waals surface area contributed by atoms with Crippen LogP contribution >= 0.6 is 0 Å². The maximum absolute atomic E-state index is 11.4. The molecule has 0 aromatic carbocycles. The zero-order valence-electron chi connectivity index (χ0n) is 9.74. The molecule has 1 atom stereocenters. The van der Waals surface area contributed by atoms with Crippen LogP contribution in [0.25, 0.3) is 0 Å². The Balaban J connectivity index is 1.78. The second kappa shape index (κ2) is 4.93. The van der Waals surface area contributed by atoms with E-state index in [1.165, 1.54) is 4.90 Å². The van der Waals surface area contributed by atoms with Crippen LogP contribution in [0.5, 0.6) is 0 Å². The third kappa shape index (κ3) is 2.59. The molecule has 0 saturated carbocycles. The SMILES string of the molecule is C[C@H]1CN(CCN2C(=O)CCC2=O)CCN1. The molecule has 2 amide bonds. The van der Waals surface area contributed by atoms with E-state index in [0.29, 0.717) is 25.4 Å². The van der Waals surface area contributed by atoms with E-state index in [-0.39, 0.29) is 11.8 Å². The molecule has 0 aromatic rings. The molecule has 1 N–H and O–H groups in total. The molecule has 0 unspecified atom stereocenters. The number of nitrogens with zero attached hydrogens (tertiary/aromatic N) is 2. The lowest BCUT2D eigenvalue weighted by molar-refractivity contribution is -0.138. The maximum atomic E-state index is 11.4. The number of carbonyl (C=O) groups is 2. The van der Waals surface area contributed by atoms with Crippen molar-refractivity contribution in [1.82, 2.24) is 15.1 Å². The third-order valence-corrected chi connectivity index (χ3v) is 3.25. The van der Waals surface area contributed by atoms with Gasteiger partial charge in [0.05, 0.1) is 0 Å². The Morgan fingerprint density at radius 2 is 1.94 bits per heavy atom. The van der Waals surface area contributed by atoms with Crippen LogP contribution in [0.2, 0.25) is 0 Å². The van der Waals surface area contributed by atoms with Crippen molar-refractivity contribution in [2.75, 3.05) is 32.7 Å². The summed E-state index contributed by atoms with van der Waals surface area (Å²) in [5.74, 6) is -0.0126. The Hall–Kier alpha value is -0.940. The van der Waals surface area contributed by atoms with E-state index in [4.69, 9.17) is 0 Å². The molecule has 0 aliphatic carbocycles. The van der Waals surface area contributed by atoms with Gasteiger partial charge in [0.1, 0.15) is 0 Å². The van der Waals surface area contributed by atoms with Gasteiger partial charge in [0.2, 0.25) is 11.8 Å². The minimum atomic E-state index is -0.00631. The number of carbonyl (C=O) groups excluding carboxylic acids is 2. The van der Waals surface area contributed by atoms with Gasteiger partial charge in [0, 0.05) is 51.6 Å². The summed E-state index contributed by atoms with van der Waals surface area (Å²) < 4.78 is 0. The topological polar surface area (TPSA) is 52.7 Å². The number of piperazine rings is 1. The summed E-state index contributed by atoms with van der Waals surface area (Å²) in [6.07, 6.45) is 0.799. The van der Waals surface area contributed by atoms with Crippen LogP contribution in [-0.4, -0.2) is 60.4 Å². The van der Waals surface area contributed by atoms with Gasteiger partial charge in [-0.25, -0.2) is 0 Å². The van der Waals surface area contributed by atoms with Gasteiger partial charge in [-0.3, -0.25) is 19.4 Å². The summed E-state index contributed by atoms with van der Waals surface area (Å²) in [5.41, 5.74) is 0. The molecule has 5 nitrogen and oxygen atoms in total. The normalized spacial score (nSPS) is 27.8. The van der Waals surface area contributed by atoms with Crippen molar-refractivity contribution in [2.24, 2.45) is 0 Å².